The molecule has 0 aromatic heterocycles. The van der Waals surface area contributed by atoms with E-state index in [0.717, 1.165) is 17.8 Å². The van der Waals surface area contributed by atoms with Crippen LogP contribution in [-0.2, 0) is 20.8 Å². The summed E-state index contributed by atoms with van der Waals surface area (Å²) in [5.74, 6) is -0.757. The molecule has 0 radical (unpaired) electrons. The van der Waals surface area contributed by atoms with Crippen molar-refractivity contribution in [1.82, 2.24) is 0 Å². The zero-order valence-corrected chi connectivity index (χ0v) is 16.4. The highest BCUT2D eigenvalue weighted by Crippen LogP contribution is 2.45. The molecule has 5 nitrogen and oxygen atoms in total. The van der Waals surface area contributed by atoms with Gasteiger partial charge in [0.25, 0.3) is 0 Å². The second-order valence-corrected chi connectivity index (χ2v) is 10.4. The number of amidine groups is 1. The normalized spacial score (nSPS) is 26.0. The van der Waals surface area contributed by atoms with E-state index in [-0.39, 0.29) is 34.7 Å². The number of rotatable bonds is 3. The van der Waals surface area contributed by atoms with Crippen LogP contribution in [0, 0.1) is 5.92 Å². The average Bonchev–Trinajstić information content (AvgIpc) is 2.96. The fraction of sp³-hybridized carbons (Fsp3) is 0.529. The Morgan fingerprint density at radius 1 is 1.30 bits per heavy atom. The molecule has 148 valence electrons. The van der Waals surface area contributed by atoms with Crippen LogP contribution in [0.2, 0.25) is 0 Å². The predicted molar refractivity (Wildman–Crippen MR) is 99.6 cm³/mol. The van der Waals surface area contributed by atoms with E-state index in [1.54, 1.807) is 0 Å². The van der Waals surface area contributed by atoms with Crippen LogP contribution in [0.25, 0.3) is 0 Å². The van der Waals surface area contributed by atoms with Gasteiger partial charge in [-0.05, 0) is 18.1 Å². The lowest BCUT2D eigenvalue weighted by molar-refractivity contribution is -0.137. The van der Waals surface area contributed by atoms with Crippen LogP contribution in [0.5, 0.6) is 0 Å². The minimum absolute atomic E-state index is 0.0593. The van der Waals surface area contributed by atoms with Crippen LogP contribution >= 0.6 is 11.8 Å². The number of para-hydroxylation sites is 1. The van der Waals surface area contributed by atoms with Crippen molar-refractivity contribution in [1.29, 1.82) is 0 Å². The Morgan fingerprint density at radius 3 is 2.59 bits per heavy atom. The van der Waals surface area contributed by atoms with Crippen LogP contribution < -0.4 is 4.90 Å². The van der Waals surface area contributed by atoms with Gasteiger partial charge < -0.3 is 4.90 Å². The molecule has 0 aliphatic carbocycles. The van der Waals surface area contributed by atoms with E-state index in [0.29, 0.717) is 0 Å². The molecule has 2 atom stereocenters. The smallest absolute Gasteiger partial charge is 0.315 e. The first-order valence-corrected chi connectivity index (χ1v) is 11.1. The van der Waals surface area contributed by atoms with Crippen molar-refractivity contribution < 1.29 is 26.4 Å². The Balaban J connectivity index is 2.07. The molecule has 1 aromatic rings. The third kappa shape index (κ3) is 4.31. The number of aliphatic imine (C=N–C) groups is 1. The van der Waals surface area contributed by atoms with E-state index in [2.05, 4.69) is 4.99 Å². The van der Waals surface area contributed by atoms with Crippen LogP contribution in [0.1, 0.15) is 25.8 Å². The molecule has 10 heteroatoms. The average molecular weight is 420 g/mol. The zero-order valence-electron chi connectivity index (χ0n) is 14.7. The number of thioether (sulfide) groups is 1. The summed E-state index contributed by atoms with van der Waals surface area (Å²) in [6.07, 6.45) is -4.43. The van der Waals surface area contributed by atoms with Gasteiger partial charge in [-0.1, -0.05) is 37.7 Å². The summed E-state index contributed by atoms with van der Waals surface area (Å²) < 4.78 is 64.5. The van der Waals surface area contributed by atoms with Crippen LogP contribution in [-0.4, -0.2) is 42.3 Å². The molecule has 0 N–H and O–H groups in total. The largest absolute Gasteiger partial charge is 0.418 e. The first-order valence-electron chi connectivity index (χ1n) is 8.42. The number of hydrogen-bond donors (Lipinski definition) is 0. The number of carbonyl (C=O) groups is 1. The lowest BCUT2D eigenvalue weighted by atomic mass is 10.1. The fourth-order valence-electron chi connectivity index (χ4n) is 3.27. The Morgan fingerprint density at radius 2 is 1.96 bits per heavy atom. The van der Waals surface area contributed by atoms with Gasteiger partial charge in [0, 0.05) is 11.7 Å². The molecule has 0 bridgehead atoms. The van der Waals surface area contributed by atoms with Gasteiger partial charge in [-0.2, -0.15) is 18.2 Å². The number of sulfone groups is 1. The van der Waals surface area contributed by atoms with Crippen molar-refractivity contribution in [2.24, 2.45) is 10.9 Å². The van der Waals surface area contributed by atoms with Gasteiger partial charge in [0.15, 0.2) is 15.0 Å². The molecule has 1 aromatic carbocycles. The molecule has 0 unspecified atom stereocenters. The zero-order chi connectivity index (χ0) is 20.0. The topological polar surface area (TPSA) is 66.8 Å². The molecular formula is C17H19F3N2O3S2. The summed E-state index contributed by atoms with van der Waals surface area (Å²) in [4.78, 5) is 17.5. The van der Waals surface area contributed by atoms with Crippen molar-refractivity contribution >= 4 is 38.4 Å². The van der Waals surface area contributed by atoms with Gasteiger partial charge in [-0.15, -0.1) is 0 Å². The van der Waals surface area contributed by atoms with E-state index in [1.807, 2.05) is 13.8 Å². The van der Waals surface area contributed by atoms with Crippen molar-refractivity contribution in [3.05, 3.63) is 29.8 Å². The maximum Gasteiger partial charge on any atom is 0.418 e. The third-order valence-electron chi connectivity index (χ3n) is 4.34. The van der Waals surface area contributed by atoms with Crippen LogP contribution in [0.3, 0.4) is 0 Å². The molecule has 2 aliphatic heterocycles. The maximum absolute atomic E-state index is 13.5. The highest BCUT2D eigenvalue weighted by atomic mass is 32.2. The molecule has 1 amide bonds. The molecule has 3 rings (SSSR count). The van der Waals surface area contributed by atoms with Crippen molar-refractivity contribution in [2.75, 3.05) is 16.4 Å². The van der Waals surface area contributed by atoms with E-state index in [9.17, 15) is 26.4 Å². The van der Waals surface area contributed by atoms with Crippen molar-refractivity contribution in [3.63, 3.8) is 0 Å². The molecule has 0 saturated carbocycles. The van der Waals surface area contributed by atoms with Gasteiger partial charge in [0.2, 0.25) is 5.91 Å². The molecule has 2 fully saturated rings. The van der Waals surface area contributed by atoms with Gasteiger partial charge in [0.05, 0.1) is 28.8 Å². The highest BCUT2D eigenvalue weighted by Gasteiger charge is 2.51. The Hall–Kier alpha value is -1.55. The number of anilines is 1. The molecule has 0 spiro atoms. The van der Waals surface area contributed by atoms with Crippen LogP contribution in [0.15, 0.2) is 29.3 Å². The van der Waals surface area contributed by atoms with Crippen molar-refractivity contribution in [3.8, 4) is 0 Å². The minimum atomic E-state index is -4.61. The molecule has 2 heterocycles. The van der Waals surface area contributed by atoms with E-state index < -0.39 is 38.8 Å². The summed E-state index contributed by atoms with van der Waals surface area (Å²) in [7, 11) is -3.35. The number of benzene rings is 1. The second kappa shape index (κ2) is 7.12. The molecule has 27 heavy (non-hydrogen) atoms. The number of carbonyl (C=O) groups excluding carboxylic acids is 1. The van der Waals surface area contributed by atoms with E-state index in [1.165, 1.54) is 23.1 Å². The monoisotopic (exact) mass is 420 g/mol. The summed E-state index contributed by atoms with van der Waals surface area (Å²) in [6.45, 7) is 3.69. The van der Waals surface area contributed by atoms with E-state index >= 15 is 0 Å². The predicted octanol–water partition coefficient (Wildman–Crippen LogP) is 3.35. The number of amides is 1. The lowest BCUT2D eigenvalue weighted by Crippen LogP contribution is -2.39. The number of alkyl halides is 3. The van der Waals surface area contributed by atoms with Crippen molar-refractivity contribution in [2.45, 2.75) is 37.7 Å². The second-order valence-electron chi connectivity index (χ2n) is 7.07. The first-order chi connectivity index (χ1) is 12.5. The van der Waals surface area contributed by atoms with Gasteiger partial charge in [0.1, 0.15) is 0 Å². The maximum atomic E-state index is 13.5. The Bertz CT molecular complexity index is 882. The Labute approximate surface area is 159 Å². The number of nitrogens with zero attached hydrogens (tertiary/aromatic N) is 2. The highest BCUT2D eigenvalue weighted by molar-refractivity contribution is 8.16. The summed E-state index contributed by atoms with van der Waals surface area (Å²) in [5.41, 5.74) is -1.04. The fourth-order valence-corrected chi connectivity index (χ4v) is 7.20. The Kier molecular flexibility index (Phi) is 5.33. The minimum Gasteiger partial charge on any atom is -0.315 e. The first kappa shape index (κ1) is 20.2. The number of hydrogen-bond acceptors (Lipinski definition) is 4. The molecular weight excluding hydrogens is 401 g/mol. The number of fused-ring (bicyclic) bond motifs is 1. The number of halogens is 3. The quantitative estimate of drug-likeness (QED) is 0.750. The standard InChI is InChI=1S/C17H19F3N2O3S2/c1-10(2)7-15(23)21-16-22(13-8-27(24,25)9-14(13)26-16)12-6-4-3-5-11(12)17(18,19)20/h3-6,10,13-14H,7-9H2,1-2H3/t13-,14-/m0/s1. The van der Waals surface area contributed by atoms with Gasteiger partial charge in [-0.25, -0.2) is 8.42 Å². The summed E-state index contributed by atoms with van der Waals surface area (Å²) in [6, 6.07) is 4.30. The lowest BCUT2D eigenvalue weighted by Gasteiger charge is -2.27. The molecule has 2 saturated heterocycles. The summed E-state index contributed by atoms with van der Waals surface area (Å²) in [5, 5.41) is -0.302. The van der Waals surface area contributed by atoms with E-state index in [4.69, 9.17) is 0 Å². The van der Waals surface area contributed by atoms with Crippen LogP contribution in [0.4, 0.5) is 18.9 Å². The summed E-state index contributed by atoms with van der Waals surface area (Å²) >= 11 is 1.07. The third-order valence-corrected chi connectivity index (χ3v) is 7.55. The van der Waals surface area contributed by atoms with Gasteiger partial charge >= 0.3 is 6.18 Å². The SMILES string of the molecule is CC(C)CC(=O)N=C1S[C@H]2CS(=O)(=O)C[C@@H]2N1c1ccccc1C(F)(F)F. The van der Waals surface area contributed by atoms with Gasteiger partial charge in [-0.3, -0.25) is 4.79 Å². The molecule has 2 aliphatic rings.